The summed E-state index contributed by atoms with van der Waals surface area (Å²) in [6.45, 7) is 0.232. The number of aromatic amines is 1. The molecule has 0 atom stereocenters. The van der Waals surface area contributed by atoms with Crippen LogP contribution >= 0.6 is 0 Å². The molecule has 0 fully saturated rings. The zero-order valence-corrected chi connectivity index (χ0v) is 14.4. The van der Waals surface area contributed by atoms with Crippen LogP contribution in [0.1, 0.15) is 11.1 Å². The van der Waals surface area contributed by atoms with Gasteiger partial charge in [-0.1, -0.05) is 12.1 Å². The van der Waals surface area contributed by atoms with E-state index in [1.54, 1.807) is 30.5 Å². The second kappa shape index (κ2) is 7.10. The number of rotatable bonds is 5. The van der Waals surface area contributed by atoms with Crippen LogP contribution in [-0.4, -0.2) is 20.7 Å². The molecule has 0 aliphatic rings. The van der Waals surface area contributed by atoms with E-state index in [2.05, 4.69) is 15.4 Å². The molecule has 0 radical (unpaired) electrons. The van der Waals surface area contributed by atoms with Crippen molar-refractivity contribution in [3.63, 3.8) is 0 Å². The zero-order valence-electron chi connectivity index (χ0n) is 14.4. The molecule has 0 aliphatic heterocycles. The van der Waals surface area contributed by atoms with E-state index in [1.165, 1.54) is 10.7 Å². The SMILES string of the molecule is O=C(Cc1ccc2[nH]c(=O)oc2c1)Nc1ccn(Cc2ccc(F)c(F)c2)n1. The number of aromatic nitrogens is 3. The molecule has 0 saturated carbocycles. The van der Waals surface area contributed by atoms with E-state index in [4.69, 9.17) is 4.42 Å². The van der Waals surface area contributed by atoms with Crippen LogP contribution in [0.25, 0.3) is 11.1 Å². The van der Waals surface area contributed by atoms with Crippen LogP contribution < -0.4 is 11.1 Å². The molecule has 4 rings (SSSR count). The molecule has 1 amide bonds. The molecule has 2 heterocycles. The second-order valence-corrected chi connectivity index (χ2v) is 6.22. The number of benzene rings is 2. The van der Waals surface area contributed by atoms with Crippen LogP contribution in [0.15, 0.2) is 57.9 Å². The van der Waals surface area contributed by atoms with Gasteiger partial charge in [0.05, 0.1) is 18.5 Å². The maximum absolute atomic E-state index is 13.3. The van der Waals surface area contributed by atoms with E-state index >= 15 is 0 Å². The molecule has 28 heavy (non-hydrogen) atoms. The highest BCUT2D eigenvalue weighted by Gasteiger charge is 2.10. The van der Waals surface area contributed by atoms with E-state index in [0.717, 1.165) is 12.1 Å². The quantitative estimate of drug-likeness (QED) is 0.553. The summed E-state index contributed by atoms with van der Waals surface area (Å²) in [4.78, 5) is 25.9. The van der Waals surface area contributed by atoms with Gasteiger partial charge in [-0.05, 0) is 35.4 Å². The highest BCUT2D eigenvalue weighted by molar-refractivity contribution is 5.91. The number of oxazole rings is 1. The Kier molecular flexibility index (Phi) is 4.48. The van der Waals surface area contributed by atoms with Gasteiger partial charge in [-0.15, -0.1) is 0 Å². The number of halogens is 2. The highest BCUT2D eigenvalue weighted by Crippen LogP contribution is 2.14. The third-order valence-corrected chi connectivity index (χ3v) is 4.09. The summed E-state index contributed by atoms with van der Waals surface area (Å²) in [6, 6.07) is 10.2. The van der Waals surface area contributed by atoms with Crippen LogP contribution in [-0.2, 0) is 17.8 Å². The van der Waals surface area contributed by atoms with Crippen molar-refractivity contribution in [1.82, 2.24) is 14.8 Å². The number of anilines is 1. The minimum atomic E-state index is -0.923. The third kappa shape index (κ3) is 3.83. The van der Waals surface area contributed by atoms with E-state index < -0.39 is 17.4 Å². The normalized spacial score (nSPS) is 11.1. The molecule has 0 aliphatic carbocycles. The average Bonchev–Trinajstić information content (AvgIpc) is 3.23. The second-order valence-electron chi connectivity index (χ2n) is 6.22. The first-order chi connectivity index (χ1) is 13.5. The summed E-state index contributed by atoms with van der Waals surface area (Å²) < 4.78 is 32.7. The molecule has 4 aromatic rings. The number of H-pyrrole nitrogens is 1. The lowest BCUT2D eigenvalue weighted by molar-refractivity contribution is -0.115. The minimum Gasteiger partial charge on any atom is -0.408 e. The Labute approximate surface area is 156 Å². The van der Waals surface area contributed by atoms with Crippen molar-refractivity contribution in [1.29, 1.82) is 0 Å². The number of amides is 1. The maximum Gasteiger partial charge on any atom is 0.417 e. The van der Waals surface area contributed by atoms with Crippen molar-refractivity contribution >= 4 is 22.8 Å². The summed E-state index contributed by atoms with van der Waals surface area (Å²) in [5.41, 5.74) is 2.16. The lowest BCUT2D eigenvalue weighted by Gasteiger charge is -2.04. The van der Waals surface area contributed by atoms with Crippen molar-refractivity contribution < 1.29 is 18.0 Å². The van der Waals surface area contributed by atoms with Gasteiger partial charge >= 0.3 is 5.76 Å². The number of carbonyl (C=O) groups excluding carboxylic acids is 1. The minimum absolute atomic E-state index is 0.0703. The number of carbonyl (C=O) groups is 1. The Balaban J connectivity index is 1.40. The Bertz CT molecular complexity index is 1230. The van der Waals surface area contributed by atoms with E-state index in [9.17, 15) is 18.4 Å². The average molecular weight is 384 g/mol. The Morgan fingerprint density at radius 2 is 1.93 bits per heavy atom. The predicted octanol–water partition coefficient (Wildman–Crippen LogP) is 2.83. The van der Waals surface area contributed by atoms with Crippen LogP contribution in [0.5, 0.6) is 0 Å². The largest absolute Gasteiger partial charge is 0.417 e. The van der Waals surface area contributed by atoms with Crippen LogP contribution in [0.4, 0.5) is 14.6 Å². The van der Waals surface area contributed by atoms with Crippen molar-refractivity contribution in [2.45, 2.75) is 13.0 Å². The smallest absolute Gasteiger partial charge is 0.408 e. The number of nitrogens with one attached hydrogen (secondary N) is 2. The standard InChI is InChI=1S/C19H14F2N4O3/c20-13-3-1-12(7-14(13)21)10-25-6-5-17(24-25)23-18(26)9-11-2-4-15-16(8-11)28-19(27)22-15/h1-8H,9-10H2,(H,22,27)(H,23,24,26). The molecule has 2 N–H and O–H groups in total. The Hall–Kier alpha value is -3.75. The fraction of sp³-hybridized carbons (Fsp3) is 0.105. The van der Waals surface area contributed by atoms with Gasteiger partial charge < -0.3 is 9.73 Å². The van der Waals surface area contributed by atoms with Crippen molar-refractivity contribution in [2.24, 2.45) is 0 Å². The first-order valence-electron chi connectivity index (χ1n) is 8.35. The van der Waals surface area contributed by atoms with Gasteiger partial charge in [0, 0.05) is 12.3 Å². The monoisotopic (exact) mass is 384 g/mol. The molecule has 2 aromatic heterocycles. The van der Waals surface area contributed by atoms with Crippen LogP contribution in [0.3, 0.4) is 0 Å². The number of hydrogen-bond donors (Lipinski definition) is 2. The van der Waals surface area contributed by atoms with Gasteiger partial charge in [0.2, 0.25) is 5.91 Å². The maximum atomic E-state index is 13.3. The molecule has 2 aromatic carbocycles. The van der Waals surface area contributed by atoms with Gasteiger partial charge in [0.1, 0.15) is 0 Å². The molecule has 7 nitrogen and oxygen atoms in total. The van der Waals surface area contributed by atoms with E-state index in [-0.39, 0.29) is 18.9 Å². The van der Waals surface area contributed by atoms with Crippen molar-refractivity contribution in [2.75, 3.05) is 5.32 Å². The van der Waals surface area contributed by atoms with Crippen molar-refractivity contribution in [3.8, 4) is 0 Å². The molecule has 9 heteroatoms. The molecular weight excluding hydrogens is 370 g/mol. The fourth-order valence-electron chi connectivity index (χ4n) is 2.81. The summed E-state index contributed by atoms with van der Waals surface area (Å²) >= 11 is 0. The molecule has 0 spiro atoms. The summed E-state index contributed by atoms with van der Waals surface area (Å²) in [7, 11) is 0. The van der Waals surface area contributed by atoms with Crippen LogP contribution in [0, 0.1) is 11.6 Å². The summed E-state index contributed by atoms with van der Waals surface area (Å²) in [6.07, 6.45) is 1.69. The van der Waals surface area contributed by atoms with Gasteiger partial charge in [0.25, 0.3) is 0 Å². The fourth-order valence-corrected chi connectivity index (χ4v) is 2.81. The van der Waals surface area contributed by atoms with E-state index in [1.807, 2.05) is 0 Å². The number of hydrogen-bond acceptors (Lipinski definition) is 4. The molecular formula is C19H14F2N4O3. The van der Waals surface area contributed by atoms with E-state index in [0.29, 0.717) is 28.0 Å². The first kappa shape index (κ1) is 17.7. The third-order valence-electron chi connectivity index (χ3n) is 4.09. The number of nitrogens with zero attached hydrogens (tertiary/aromatic N) is 2. The van der Waals surface area contributed by atoms with Crippen molar-refractivity contribution in [3.05, 3.63) is 82.0 Å². The summed E-state index contributed by atoms with van der Waals surface area (Å²) in [5, 5.41) is 6.86. The zero-order chi connectivity index (χ0) is 19.7. The molecule has 142 valence electrons. The molecule has 0 bridgehead atoms. The molecule has 0 unspecified atom stereocenters. The Morgan fingerprint density at radius 3 is 2.75 bits per heavy atom. The van der Waals surface area contributed by atoms with Gasteiger partial charge in [-0.3, -0.25) is 14.5 Å². The first-order valence-corrected chi connectivity index (χ1v) is 8.35. The Morgan fingerprint density at radius 1 is 1.11 bits per heavy atom. The van der Waals surface area contributed by atoms with Gasteiger partial charge in [-0.25, -0.2) is 13.6 Å². The predicted molar refractivity (Wildman–Crippen MR) is 96.9 cm³/mol. The van der Waals surface area contributed by atoms with Gasteiger partial charge in [0.15, 0.2) is 23.0 Å². The lowest BCUT2D eigenvalue weighted by Crippen LogP contribution is -2.15. The topological polar surface area (TPSA) is 92.9 Å². The number of fused-ring (bicyclic) bond motifs is 1. The lowest BCUT2D eigenvalue weighted by atomic mass is 10.1. The van der Waals surface area contributed by atoms with Crippen LogP contribution in [0.2, 0.25) is 0 Å². The summed E-state index contributed by atoms with van der Waals surface area (Å²) in [5.74, 6) is -2.34. The van der Waals surface area contributed by atoms with Gasteiger partial charge in [-0.2, -0.15) is 5.10 Å². The molecule has 0 saturated heterocycles. The highest BCUT2D eigenvalue weighted by atomic mass is 19.2.